The molecule has 15 heavy (non-hydrogen) atoms. The zero-order valence-electron chi connectivity index (χ0n) is 8.05. The first-order valence-electron chi connectivity index (χ1n) is 4.87. The molecule has 2 N–H and O–H groups in total. The topological polar surface area (TPSA) is 40.7 Å². The second-order valence-corrected chi connectivity index (χ2v) is 4.56. The number of aromatic nitrogens is 2. The molecule has 1 aliphatic heterocycles. The zero-order chi connectivity index (χ0) is 10.3. The molecule has 0 unspecified atom stereocenters. The van der Waals surface area contributed by atoms with Crippen LogP contribution in [0.25, 0.3) is 11.3 Å². The Balaban J connectivity index is 2.13. The van der Waals surface area contributed by atoms with Gasteiger partial charge in [0.05, 0.1) is 11.4 Å². The summed E-state index contributed by atoms with van der Waals surface area (Å²) in [5, 5.41) is 10.7. The third-order valence-electron chi connectivity index (χ3n) is 2.65. The van der Waals surface area contributed by atoms with E-state index in [1.165, 1.54) is 11.3 Å². The Morgan fingerprint density at radius 2 is 2.20 bits per heavy atom. The third kappa shape index (κ3) is 1.50. The summed E-state index contributed by atoms with van der Waals surface area (Å²) in [6, 6.07) is 8.23. The molecule has 4 heteroatoms. The van der Waals surface area contributed by atoms with Crippen LogP contribution in [0.3, 0.4) is 0 Å². The Morgan fingerprint density at radius 1 is 1.27 bits per heavy atom. The van der Waals surface area contributed by atoms with Crippen molar-refractivity contribution < 1.29 is 0 Å². The van der Waals surface area contributed by atoms with Crippen LogP contribution in [0.1, 0.15) is 11.3 Å². The lowest BCUT2D eigenvalue weighted by molar-refractivity contribution is 0.743. The maximum Gasteiger partial charge on any atom is 0.0969 e. The third-order valence-corrected chi connectivity index (χ3v) is 3.15. The highest BCUT2D eigenvalue weighted by Gasteiger charge is 2.18. The Bertz CT molecular complexity index is 504. The summed E-state index contributed by atoms with van der Waals surface area (Å²) in [5.41, 5.74) is 4.74. The average molecular weight is 264 g/mol. The molecular weight excluding hydrogens is 254 g/mol. The Kier molecular flexibility index (Phi) is 2.11. The standard InChI is InChI=1S/C11H10BrN3/c12-8-3-1-2-7(4-8)11-9-5-13-6-10(9)14-15-11/h1-4,13H,5-6H2,(H,14,15). The summed E-state index contributed by atoms with van der Waals surface area (Å²) < 4.78 is 1.09. The number of halogens is 1. The fourth-order valence-corrected chi connectivity index (χ4v) is 2.32. The summed E-state index contributed by atoms with van der Waals surface area (Å²) >= 11 is 3.47. The Morgan fingerprint density at radius 3 is 3.07 bits per heavy atom. The molecule has 3 nitrogen and oxygen atoms in total. The highest BCUT2D eigenvalue weighted by atomic mass is 79.9. The van der Waals surface area contributed by atoms with Gasteiger partial charge in [-0.05, 0) is 12.1 Å². The van der Waals surface area contributed by atoms with Crippen molar-refractivity contribution in [3.8, 4) is 11.3 Å². The highest BCUT2D eigenvalue weighted by molar-refractivity contribution is 9.10. The fraction of sp³-hybridized carbons (Fsp3) is 0.182. The minimum Gasteiger partial charge on any atom is -0.307 e. The summed E-state index contributed by atoms with van der Waals surface area (Å²) in [6.07, 6.45) is 0. The van der Waals surface area contributed by atoms with Crippen LogP contribution in [-0.2, 0) is 13.1 Å². The summed E-state index contributed by atoms with van der Waals surface area (Å²) in [7, 11) is 0. The van der Waals surface area contributed by atoms with Gasteiger partial charge in [0, 0.05) is 28.7 Å². The highest BCUT2D eigenvalue weighted by Crippen LogP contribution is 2.28. The number of rotatable bonds is 1. The number of benzene rings is 1. The molecule has 1 aromatic heterocycles. The van der Waals surface area contributed by atoms with Crippen molar-refractivity contribution in [1.29, 1.82) is 0 Å². The van der Waals surface area contributed by atoms with E-state index in [0.29, 0.717) is 0 Å². The van der Waals surface area contributed by atoms with E-state index >= 15 is 0 Å². The number of hydrogen-bond acceptors (Lipinski definition) is 2. The summed E-state index contributed by atoms with van der Waals surface area (Å²) in [5.74, 6) is 0. The van der Waals surface area contributed by atoms with E-state index in [9.17, 15) is 0 Å². The van der Waals surface area contributed by atoms with Crippen LogP contribution in [0.15, 0.2) is 28.7 Å². The van der Waals surface area contributed by atoms with E-state index in [0.717, 1.165) is 28.8 Å². The van der Waals surface area contributed by atoms with E-state index in [-0.39, 0.29) is 0 Å². The minimum absolute atomic E-state index is 0.899. The molecule has 0 amide bonds. The molecule has 0 spiro atoms. The average Bonchev–Trinajstić information content (AvgIpc) is 2.77. The Labute approximate surface area is 96.0 Å². The van der Waals surface area contributed by atoms with Gasteiger partial charge in [-0.1, -0.05) is 28.1 Å². The molecule has 0 saturated carbocycles. The summed E-state index contributed by atoms with van der Waals surface area (Å²) in [6.45, 7) is 1.81. The first kappa shape index (κ1) is 9.12. The molecule has 2 aromatic rings. The molecule has 76 valence electrons. The van der Waals surface area contributed by atoms with Gasteiger partial charge in [0.1, 0.15) is 0 Å². The molecule has 0 bridgehead atoms. The van der Waals surface area contributed by atoms with Crippen molar-refractivity contribution in [3.05, 3.63) is 40.0 Å². The molecule has 1 aliphatic rings. The van der Waals surface area contributed by atoms with E-state index in [2.05, 4.69) is 43.6 Å². The maximum absolute atomic E-state index is 4.36. The fourth-order valence-electron chi connectivity index (χ4n) is 1.92. The van der Waals surface area contributed by atoms with Crippen molar-refractivity contribution in [2.45, 2.75) is 13.1 Å². The maximum atomic E-state index is 4.36. The largest absolute Gasteiger partial charge is 0.307 e. The normalized spacial score (nSPS) is 14.2. The van der Waals surface area contributed by atoms with Gasteiger partial charge in [-0.25, -0.2) is 0 Å². The number of hydrogen-bond donors (Lipinski definition) is 2. The molecule has 3 rings (SSSR count). The smallest absolute Gasteiger partial charge is 0.0969 e. The lowest BCUT2D eigenvalue weighted by Gasteiger charge is -2.00. The van der Waals surface area contributed by atoms with Gasteiger partial charge >= 0.3 is 0 Å². The van der Waals surface area contributed by atoms with Gasteiger partial charge in [-0.15, -0.1) is 0 Å². The molecule has 2 heterocycles. The first-order valence-corrected chi connectivity index (χ1v) is 5.66. The van der Waals surface area contributed by atoms with Crippen molar-refractivity contribution >= 4 is 15.9 Å². The number of fused-ring (bicyclic) bond motifs is 1. The van der Waals surface area contributed by atoms with Crippen LogP contribution in [0.4, 0.5) is 0 Å². The van der Waals surface area contributed by atoms with Crippen molar-refractivity contribution in [2.24, 2.45) is 0 Å². The summed E-state index contributed by atoms with van der Waals surface area (Å²) in [4.78, 5) is 0. The van der Waals surface area contributed by atoms with Gasteiger partial charge in [0.25, 0.3) is 0 Å². The Hall–Kier alpha value is -1.13. The zero-order valence-corrected chi connectivity index (χ0v) is 9.63. The number of nitrogens with zero attached hydrogens (tertiary/aromatic N) is 1. The van der Waals surface area contributed by atoms with Crippen molar-refractivity contribution in [1.82, 2.24) is 15.5 Å². The van der Waals surface area contributed by atoms with Crippen LogP contribution in [-0.4, -0.2) is 10.2 Å². The van der Waals surface area contributed by atoms with Crippen LogP contribution in [0.2, 0.25) is 0 Å². The van der Waals surface area contributed by atoms with Gasteiger partial charge in [0.15, 0.2) is 0 Å². The van der Waals surface area contributed by atoms with Gasteiger partial charge in [-0.2, -0.15) is 5.10 Å². The van der Waals surface area contributed by atoms with Crippen LogP contribution in [0, 0.1) is 0 Å². The van der Waals surface area contributed by atoms with Crippen molar-refractivity contribution in [3.63, 3.8) is 0 Å². The number of aromatic amines is 1. The second kappa shape index (κ2) is 3.47. The van der Waals surface area contributed by atoms with E-state index in [1.807, 2.05) is 12.1 Å². The van der Waals surface area contributed by atoms with E-state index in [1.54, 1.807) is 0 Å². The lowest BCUT2D eigenvalue weighted by Crippen LogP contribution is -2.02. The number of nitrogens with one attached hydrogen (secondary N) is 2. The van der Waals surface area contributed by atoms with Gasteiger partial charge in [0.2, 0.25) is 0 Å². The molecule has 0 aliphatic carbocycles. The van der Waals surface area contributed by atoms with Crippen LogP contribution in [0.5, 0.6) is 0 Å². The molecular formula is C11H10BrN3. The van der Waals surface area contributed by atoms with Gasteiger partial charge in [-0.3, -0.25) is 5.10 Å². The first-order chi connectivity index (χ1) is 7.34. The van der Waals surface area contributed by atoms with Crippen LogP contribution < -0.4 is 5.32 Å². The second-order valence-electron chi connectivity index (χ2n) is 3.64. The number of H-pyrrole nitrogens is 1. The predicted octanol–water partition coefficient (Wildman–Crippen LogP) is 2.44. The predicted molar refractivity (Wildman–Crippen MR) is 62.3 cm³/mol. The molecule has 1 aromatic carbocycles. The molecule has 0 atom stereocenters. The van der Waals surface area contributed by atoms with Crippen LogP contribution >= 0.6 is 15.9 Å². The molecule has 0 fully saturated rings. The van der Waals surface area contributed by atoms with Gasteiger partial charge < -0.3 is 5.32 Å². The van der Waals surface area contributed by atoms with E-state index < -0.39 is 0 Å². The monoisotopic (exact) mass is 263 g/mol. The lowest BCUT2D eigenvalue weighted by atomic mass is 10.1. The van der Waals surface area contributed by atoms with E-state index in [4.69, 9.17) is 0 Å². The minimum atomic E-state index is 0.899. The van der Waals surface area contributed by atoms with Crippen molar-refractivity contribution in [2.75, 3.05) is 0 Å². The molecule has 0 radical (unpaired) electrons. The SMILES string of the molecule is Brc1cccc(-c2n[nH]c3c2CNC3)c1. The quantitative estimate of drug-likeness (QED) is 0.830. The molecule has 0 saturated heterocycles.